The molecule has 2 aromatic heterocycles. The highest BCUT2D eigenvalue weighted by atomic mass is 32.2. The molecule has 0 amide bonds. The molecule has 6 nitrogen and oxygen atoms in total. The molecule has 3 aromatic rings. The van der Waals surface area contributed by atoms with Crippen LogP contribution in [0.5, 0.6) is 11.5 Å². The Kier molecular flexibility index (Phi) is 4.26. The minimum Gasteiger partial charge on any atom is -0.497 e. The van der Waals surface area contributed by atoms with Gasteiger partial charge in [0.05, 0.1) is 12.9 Å². The molecule has 0 radical (unpaired) electrons. The minimum absolute atomic E-state index is 0.416. The predicted molar refractivity (Wildman–Crippen MR) is 83.2 cm³/mol. The maximum Gasteiger partial charge on any atom is 0.234 e. The van der Waals surface area contributed by atoms with Crippen molar-refractivity contribution in [3.63, 3.8) is 0 Å². The molecule has 0 bridgehead atoms. The summed E-state index contributed by atoms with van der Waals surface area (Å²) >= 11 is 3.19. The topological polar surface area (TPSA) is 61.5 Å². The van der Waals surface area contributed by atoms with Crippen molar-refractivity contribution < 1.29 is 9.47 Å². The van der Waals surface area contributed by atoms with Crippen molar-refractivity contribution in [1.82, 2.24) is 19.8 Å². The van der Waals surface area contributed by atoms with E-state index in [1.54, 1.807) is 23.4 Å². The number of benzene rings is 1. The zero-order valence-electron chi connectivity index (χ0n) is 11.6. The summed E-state index contributed by atoms with van der Waals surface area (Å²) in [7, 11) is 1.64. The molecule has 0 aliphatic rings. The largest absolute Gasteiger partial charge is 0.497 e. The van der Waals surface area contributed by atoms with Gasteiger partial charge in [-0.2, -0.15) is 21.4 Å². The molecule has 2 heterocycles. The van der Waals surface area contributed by atoms with Crippen LogP contribution in [0.3, 0.4) is 0 Å². The van der Waals surface area contributed by atoms with Crippen molar-refractivity contribution in [3.8, 4) is 11.5 Å². The van der Waals surface area contributed by atoms with E-state index in [0.717, 1.165) is 33.0 Å². The molecule has 0 spiro atoms. The lowest BCUT2D eigenvalue weighted by atomic mass is 10.3. The van der Waals surface area contributed by atoms with E-state index < -0.39 is 0 Å². The van der Waals surface area contributed by atoms with Gasteiger partial charge in [-0.1, -0.05) is 11.3 Å². The first-order chi connectivity index (χ1) is 10.3. The number of aromatic nitrogens is 4. The summed E-state index contributed by atoms with van der Waals surface area (Å²) in [6.45, 7) is 0.416. The first-order valence-corrected chi connectivity index (χ1v) is 8.47. The SMILES string of the molecule is COc1ccc(OCc2nn3c(CSC)nnc3s2)cc1. The highest BCUT2D eigenvalue weighted by Gasteiger charge is 2.11. The summed E-state index contributed by atoms with van der Waals surface area (Å²) in [6.07, 6.45) is 2.03. The third-order valence-corrected chi connectivity index (χ3v) is 4.21. The number of rotatable bonds is 6. The third kappa shape index (κ3) is 3.11. The van der Waals surface area contributed by atoms with Crippen LogP contribution in [-0.4, -0.2) is 33.2 Å². The Morgan fingerprint density at radius 2 is 1.95 bits per heavy atom. The van der Waals surface area contributed by atoms with E-state index in [0.29, 0.717) is 6.61 Å². The van der Waals surface area contributed by atoms with Crippen molar-refractivity contribution in [2.75, 3.05) is 13.4 Å². The van der Waals surface area contributed by atoms with Gasteiger partial charge in [-0.15, -0.1) is 10.2 Å². The second kappa shape index (κ2) is 6.31. The molecule has 0 saturated heterocycles. The van der Waals surface area contributed by atoms with Crippen LogP contribution in [0.4, 0.5) is 0 Å². The lowest BCUT2D eigenvalue weighted by molar-refractivity contribution is 0.303. The van der Waals surface area contributed by atoms with Crippen molar-refractivity contribution in [3.05, 3.63) is 35.1 Å². The van der Waals surface area contributed by atoms with Crippen molar-refractivity contribution >= 4 is 28.1 Å². The minimum atomic E-state index is 0.416. The van der Waals surface area contributed by atoms with Crippen LogP contribution in [0, 0.1) is 0 Å². The number of thioether (sulfide) groups is 1. The smallest absolute Gasteiger partial charge is 0.234 e. The highest BCUT2D eigenvalue weighted by molar-refractivity contribution is 7.97. The van der Waals surface area contributed by atoms with Gasteiger partial charge in [0.15, 0.2) is 10.8 Å². The van der Waals surface area contributed by atoms with Crippen molar-refractivity contribution in [1.29, 1.82) is 0 Å². The second-order valence-corrected chi connectivity index (χ2v) is 6.11. The van der Waals surface area contributed by atoms with Gasteiger partial charge in [0, 0.05) is 0 Å². The van der Waals surface area contributed by atoms with Gasteiger partial charge in [-0.3, -0.25) is 0 Å². The highest BCUT2D eigenvalue weighted by Crippen LogP contribution is 2.20. The summed E-state index contributed by atoms with van der Waals surface area (Å²) in [5, 5.41) is 13.6. The summed E-state index contributed by atoms with van der Waals surface area (Å²) in [5.74, 6) is 3.25. The van der Waals surface area contributed by atoms with Gasteiger partial charge < -0.3 is 9.47 Å². The Hall–Kier alpha value is -1.80. The summed E-state index contributed by atoms with van der Waals surface area (Å²) in [6, 6.07) is 7.48. The Morgan fingerprint density at radius 3 is 2.67 bits per heavy atom. The van der Waals surface area contributed by atoms with Gasteiger partial charge in [-0.25, -0.2) is 0 Å². The number of methoxy groups -OCH3 is 1. The fourth-order valence-electron chi connectivity index (χ4n) is 1.79. The van der Waals surface area contributed by atoms with E-state index >= 15 is 0 Å². The quantitative estimate of drug-likeness (QED) is 0.695. The van der Waals surface area contributed by atoms with Crippen LogP contribution in [0.2, 0.25) is 0 Å². The Bertz CT molecular complexity index is 723. The normalized spacial score (nSPS) is 11.0. The zero-order chi connectivity index (χ0) is 14.7. The molecule has 8 heteroatoms. The maximum atomic E-state index is 5.72. The van der Waals surface area contributed by atoms with E-state index in [4.69, 9.17) is 9.47 Å². The third-order valence-electron chi connectivity index (χ3n) is 2.79. The van der Waals surface area contributed by atoms with Crippen molar-refractivity contribution in [2.45, 2.75) is 12.4 Å². The van der Waals surface area contributed by atoms with Crippen LogP contribution in [0.1, 0.15) is 10.8 Å². The Morgan fingerprint density at radius 1 is 1.19 bits per heavy atom. The number of nitrogens with zero attached hydrogens (tertiary/aromatic N) is 4. The van der Waals surface area contributed by atoms with Crippen LogP contribution < -0.4 is 9.47 Å². The van der Waals surface area contributed by atoms with E-state index in [9.17, 15) is 0 Å². The van der Waals surface area contributed by atoms with Crippen LogP contribution in [0.15, 0.2) is 24.3 Å². The fourth-order valence-corrected chi connectivity index (χ4v) is 3.00. The lowest BCUT2D eigenvalue weighted by Gasteiger charge is -2.04. The van der Waals surface area contributed by atoms with E-state index in [1.165, 1.54) is 11.3 Å². The van der Waals surface area contributed by atoms with Crippen LogP contribution in [0.25, 0.3) is 4.96 Å². The standard InChI is InChI=1S/C13H14N4O2S2/c1-18-9-3-5-10(6-4-9)19-7-12-16-17-11(8-20-2)14-15-13(17)21-12/h3-6H,7-8H2,1-2H3. The van der Waals surface area contributed by atoms with Crippen molar-refractivity contribution in [2.24, 2.45) is 0 Å². The molecule has 110 valence electrons. The summed E-state index contributed by atoms with van der Waals surface area (Å²) in [4.78, 5) is 0.799. The van der Waals surface area contributed by atoms with E-state index in [2.05, 4.69) is 15.3 Å². The Balaban J connectivity index is 1.69. The molecule has 3 rings (SSSR count). The zero-order valence-corrected chi connectivity index (χ0v) is 13.3. The molecule has 0 atom stereocenters. The molecular formula is C13H14N4O2S2. The van der Waals surface area contributed by atoms with Gasteiger partial charge in [0.2, 0.25) is 4.96 Å². The number of hydrogen-bond donors (Lipinski definition) is 0. The molecule has 0 aliphatic heterocycles. The number of ether oxygens (including phenoxy) is 2. The van der Waals surface area contributed by atoms with E-state index in [1.807, 2.05) is 30.5 Å². The van der Waals surface area contributed by atoms with E-state index in [-0.39, 0.29) is 0 Å². The molecule has 0 fully saturated rings. The van der Waals surface area contributed by atoms with Crippen LogP contribution >= 0.6 is 23.1 Å². The first kappa shape index (κ1) is 14.2. The van der Waals surface area contributed by atoms with Gasteiger partial charge in [-0.05, 0) is 30.5 Å². The summed E-state index contributed by atoms with van der Waals surface area (Å²) in [5.41, 5.74) is 0. The number of fused-ring (bicyclic) bond motifs is 1. The van der Waals surface area contributed by atoms with Gasteiger partial charge in [0.1, 0.15) is 18.1 Å². The average molecular weight is 322 g/mol. The van der Waals surface area contributed by atoms with Gasteiger partial charge in [0.25, 0.3) is 0 Å². The molecule has 21 heavy (non-hydrogen) atoms. The average Bonchev–Trinajstić information content (AvgIpc) is 3.08. The van der Waals surface area contributed by atoms with Crippen LogP contribution in [-0.2, 0) is 12.4 Å². The molecule has 0 unspecified atom stereocenters. The monoisotopic (exact) mass is 322 g/mol. The molecule has 0 aliphatic carbocycles. The maximum absolute atomic E-state index is 5.72. The lowest BCUT2D eigenvalue weighted by Crippen LogP contribution is -1.98. The second-order valence-electron chi connectivity index (χ2n) is 4.20. The van der Waals surface area contributed by atoms with Gasteiger partial charge >= 0.3 is 0 Å². The molecule has 0 saturated carbocycles. The fraction of sp³-hybridized carbons (Fsp3) is 0.308. The number of hydrogen-bond acceptors (Lipinski definition) is 7. The first-order valence-electron chi connectivity index (χ1n) is 6.26. The molecule has 1 aromatic carbocycles. The predicted octanol–water partition coefficient (Wildman–Crippen LogP) is 2.64. The molecular weight excluding hydrogens is 308 g/mol. The Labute approximate surface area is 130 Å². The molecule has 0 N–H and O–H groups in total. The summed E-state index contributed by atoms with van der Waals surface area (Å²) < 4.78 is 12.6.